The highest BCUT2D eigenvalue weighted by Gasteiger charge is 2.30. The first kappa shape index (κ1) is 15.5. The number of rotatable bonds is 4. The lowest BCUT2D eigenvalue weighted by Gasteiger charge is -2.29. The van der Waals surface area contributed by atoms with Crippen molar-refractivity contribution in [3.05, 3.63) is 59.3 Å². The molecule has 1 aromatic carbocycles. The number of carbonyl (C=O) groups excluding carboxylic acids is 2. The van der Waals surface area contributed by atoms with Crippen LogP contribution in [0, 0.1) is 5.21 Å². The van der Waals surface area contributed by atoms with Crippen LogP contribution in [0.15, 0.2) is 48.6 Å². The van der Waals surface area contributed by atoms with Crippen molar-refractivity contribution in [2.75, 3.05) is 0 Å². The maximum absolute atomic E-state index is 12.1. The van der Waals surface area contributed by atoms with Crippen LogP contribution in [-0.4, -0.2) is 28.4 Å². The van der Waals surface area contributed by atoms with Crippen molar-refractivity contribution < 1.29 is 24.9 Å². The molecule has 1 aliphatic rings. The highest BCUT2D eigenvalue weighted by atomic mass is 16.5. The van der Waals surface area contributed by atoms with Gasteiger partial charge in [0.2, 0.25) is 5.82 Å². The number of hydrogen-bond acceptors (Lipinski definition) is 5. The van der Waals surface area contributed by atoms with Crippen LogP contribution in [0.1, 0.15) is 10.4 Å². The molecule has 0 aliphatic carbocycles. The predicted octanol–water partition coefficient (Wildman–Crippen LogP) is -1.55. The number of hydroxylamine groups is 2. The highest BCUT2D eigenvalue weighted by molar-refractivity contribution is 5.95. The maximum atomic E-state index is 12.1. The molecule has 22 heavy (non-hydrogen) atoms. The van der Waals surface area contributed by atoms with E-state index in [1.54, 1.807) is 0 Å². The maximum Gasteiger partial charge on any atom is 0.325 e. The van der Waals surface area contributed by atoms with Gasteiger partial charge in [0.25, 0.3) is 5.91 Å². The van der Waals surface area contributed by atoms with Gasteiger partial charge in [-0.1, -0.05) is 0 Å². The van der Waals surface area contributed by atoms with Crippen molar-refractivity contribution in [3.8, 4) is 5.75 Å². The minimum absolute atomic E-state index is 0.00933. The first-order valence-electron chi connectivity index (χ1n) is 6.19. The molecule has 2 rings (SSSR count). The number of amides is 3. The molecular formula is C13H14N4O5. The quantitative estimate of drug-likeness (QED) is 0.374. The van der Waals surface area contributed by atoms with Crippen molar-refractivity contribution >= 4 is 11.9 Å². The van der Waals surface area contributed by atoms with Gasteiger partial charge >= 0.3 is 6.03 Å². The lowest BCUT2D eigenvalue weighted by Crippen LogP contribution is -3.03. The van der Waals surface area contributed by atoms with Crippen LogP contribution in [0.5, 0.6) is 5.75 Å². The van der Waals surface area contributed by atoms with Crippen LogP contribution in [0.3, 0.4) is 0 Å². The molecule has 116 valence electrons. The Morgan fingerprint density at radius 3 is 2.64 bits per heavy atom. The number of aliphatic hydroxyl groups is 1. The average Bonchev–Trinajstić information content (AvgIpc) is 2.49. The number of phenols is 1. The summed E-state index contributed by atoms with van der Waals surface area (Å²) in [6, 6.07) is 4.58. The number of quaternary nitrogens is 1. The van der Waals surface area contributed by atoms with Gasteiger partial charge in [-0.15, -0.1) is 0 Å². The summed E-state index contributed by atoms with van der Waals surface area (Å²) in [5.41, 5.74) is 0.00220. The van der Waals surface area contributed by atoms with Gasteiger partial charge in [0.05, 0.1) is 6.20 Å². The molecule has 2 atom stereocenters. The second kappa shape index (κ2) is 6.26. The second-order valence-electron chi connectivity index (χ2n) is 4.36. The molecule has 1 aliphatic heterocycles. The van der Waals surface area contributed by atoms with E-state index in [0.717, 1.165) is 6.20 Å². The summed E-state index contributed by atoms with van der Waals surface area (Å²) in [4.78, 5) is 23.4. The summed E-state index contributed by atoms with van der Waals surface area (Å²) in [7, 11) is 0. The Hall–Kier alpha value is -2.88. The van der Waals surface area contributed by atoms with Crippen LogP contribution in [0.2, 0.25) is 0 Å². The summed E-state index contributed by atoms with van der Waals surface area (Å²) >= 11 is 0. The SMILES string of the molecule is C=C[NH+]([O-])C1=C(NC(=O)c2ccc(O)cc2)C(O)NC(=O)N1. The third-order valence-corrected chi connectivity index (χ3v) is 2.86. The Morgan fingerprint density at radius 1 is 1.41 bits per heavy atom. The minimum atomic E-state index is -1.55. The van der Waals surface area contributed by atoms with Gasteiger partial charge in [-0.05, 0) is 30.8 Å². The van der Waals surface area contributed by atoms with Gasteiger partial charge in [-0.2, -0.15) is 0 Å². The summed E-state index contributed by atoms with van der Waals surface area (Å²) < 4.78 is 0. The molecule has 0 aromatic heterocycles. The molecule has 0 spiro atoms. The highest BCUT2D eigenvalue weighted by Crippen LogP contribution is 2.11. The fourth-order valence-corrected chi connectivity index (χ4v) is 1.78. The molecular weight excluding hydrogens is 292 g/mol. The Kier molecular flexibility index (Phi) is 4.41. The van der Waals surface area contributed by atoms with Gasteiger partial charge in [0.15, 0.2) is 6.23 Å². The fraction of sp³-hybridized carbons (Fsp3) is 0.0769. The van der Waals surface area contributed by atoms with Gasteiger partial charge in [-0.3, -0.25) is 15.2 Å². The Balaban J connectivity index is 2.30. The minimum Gasteiger partial charge on any atom is -0.623 e. The number of carbonyl (C=O) groups is 2. The molecule has 1 heterocycles. The van der Waals surface area contributed by atoms with Crippen LogP contribution in [0.25, 0.3) is 0 Å². The third kappa shape index (κ3) is 3.23. The molecule has 3 amide bonds. The molecule has 0 fully saturated rings. The van der Waals surface area contributed by atoms with Crippen molar-refractivity contribution in [3.63, 3.8) is 0 Å². The first-order chi connectivity index (χ1) is 10.4. The number of hydrogen-bond donors (Lipinski definition) is 6. The van der Waals surface area contributed by atoms with Crippen molar-refractivity contribution in [1.82, 2.24) is 16.0 Å². The van der Waals surface area contributed by atoms with Crippen LogP contribution >= 0.6 is 0 Å². The van der Waals surface area contributed by atoms with Crippen molar-refractivity contribution in [2.45, 2.75) is 6.23 Å². The van der Waals surface area contributed by atoms with E-state index in [1.807, 2.05) is 0 Å². The molecule has 9 heteroatoms. The molecule has 0 saturated carbocycles. The molecule has 0 bridgehead atoms. The zero-order chi connectivity index (χ0) is 16.3. The standard InChI is InChI=1S/C13H14N4O5/c1-2-17(22)10-9(12(20)16-13(21)15-10)14-11(19)7-3-5-8(18)6-4-7/h2-6,12,17-18,20H,1H2,(H,14,19)(H2,15,16,21). The van der Waals surface area contributed by atoms with Crippen LogP contribution in [-0.2, 0) is 0 Å². The number of nitrogens with one attached hydrogen (secondary N) is 4. The lowest BCUT2D eigenvalue weighted by molar-refractivity contribution is -0.750. The molecule has 1 aromatic rings. The average molecular weight is 306 g/mol. The first-order valence-corrected chi connectivity index (χ1v) is 6.19. The van der Waals surface area contributed by atoms with Gasteiger partial charge < -0.3 is 26.1 Å². The fourth-order valence-electron chi connectivity index (χ4n) is 1.78. The number of urea groups is 1. The summed E-state index contributed by atoms with van der Waals surface area (Å²) in [5, 5.41) is 36.7. The number of aromatic hydroxyl groups is 1. The lowest BCUT2D eigenvalue weighted by atomic mass is 10.2. The Morgan fingerprint density at radius 2 is 2.05 bits per heavy atom. The van der Waals surface area contributed by atoms with E-state index in [1.165, 1.54) is 24.3 Å². The number of aliphatic hydroxyl groups excluding tert-OH is 1. The van der Waals surface area contributed by atoms with E-state index in [-0.39, 0.29) is 22.8 Å². The topological polar surface area (TPSA) is 138 Å². The number of phenolic OH excluding ortho intramolecular Hbond substituents is 1. The molecule has 6 N–H and O–H groups in total. The van der Waals surface area contributed by atoms with E-state index in [4.69, 9.17) is 0 Å². The van der Waals surface area contributed by atoms with Gasteiger partial charge in [0, 0.05) is 5.56 Å². The van der Waals surface area contributed by atoms with E-state index < -0.39 is 23.2 Å². The zero-order valence-corrected chi connectivity index (χ0v) is 11.3. The van der Waals surface area contributed by atoms with Crippen LogP contribution < -0.4 is 21.0 Å². The summed E-state index contributed by atoms with van der Waals surface area (Å²) in [6.45, 7) is 3.29. The second-order valence-corrected chi connectivity index (χ2v) is 4.36. The molecule has 2 unspecified atom stereocenters. The normalized spacial score (nSPS) is 19.0. The van der Waals surface area contributed by atoms with E-state index >= 15 is 0 Å². The smallest absolute Gasteiger partial charge is 0.325 e. The van der Waals surface area contributed by atoms with Crippen molar-refractivity contribution in [1.29, 1.82) is 0 Å². The van der Waals surface area contributed by atoms with E-state index in [9.17, 15) is 25.0 Å². The van der Waals surface area contributed by atoms with E-state index in [0.29, 0.717) is 0 Å². The molecule has 9 nitrogen and oxygen atoms in total. The Bertz CT molecular complexity index is 640. The molecule has 0 radical (unpaired) electrons. The van der Waals surface area contributed by atoms with E-state index in [2.05, 4.69) is 22.5 Å². The summed E-state index contributed by atoms with van der Waals surface area (Å²) in [5.74, 6) is -0.898. The monoisotopic (exact) mass is 306 g/mol. The molecule has 0 saturated heterocycles. The number of benzene rings is 1. The zero-order valence-electron chi connectivity index (χ0n) is 11.3. The van der Waals surface area contributed by atoms with Crippen LogP contribution in [0.4, 0.5) is 4.79 Å². The van der Waals surface area contributed by atoms with Crippen molar-refractivity contribution in [2.24, 2.45) is 0 Å². The summed E-state index contributed by atoms with van der Waals surface area (Å²) in [6.07, 6.45) is -0.603. The Labute approximate surface area is 125 Å². The largest absolute Gasteiger partial charge is 0.623 e. The third-order valence-electron chi connectivity index (χ3n) is 2.86. The van der Waals surface area contributed by atoms with Gasteiger partial charge in [0.1, 0.15) is 11.4 Å². The predicted molar refractivity (Wildman–Crippen MR) is 74.8 cm³/mol. The van der Waals surface area contributed by atoms with Gasteiger partial charge in [-0.25, -0.2) is 4.79 Å².